The molecule has 0 radical (unpaired) electrons. The van der Waals surface area contributed by atoms with E-state index < -0.39 is 0 Å². The first-order valence-electron chi connectivity index (χ1n) is 6.91. The van der Waals surface area contributed by atoms with Crippen LogP contribution in [-0.4, -0.2) is 16.1 Å². The first-order chi connectivity index (χ1) is 11.2. The minimum absolute atomic E-state index is 0.157. The predicted molar refractivity (Wildman–Crippen MR) is 89.8 cm³/mol. The molecule has 1 aromatic heterocycles. The first kappa shape index (κ1) is 15.1. The van der Waals surface area contributed by atoms with E-state index in [0.29, 0.717) is 5.69 Å². The highest BCUT2D eigenvalue weighted by atomic mass is 32.2. The van der Waals surface area contributed by atoms with Gasteiger partial charge in [0.1, 0.15) is 5.69 Å². The van der Waals surface area contributed by atoms with Crippen LogP contribution in [0.4, 0.5) is 5.69 Å². The number of carbonyl (C=O) groups is 1. The molecule has 0 saturated heterocycles. The second kappa shape index (κ2) is 6.93. The van der Waals surface area contributed by atoms with Gasteiger partial charge in [0.25, 0.3) is 11.5 Å². The SMILES string of the molecule is O=C(Nc1ccccc1Sc1ccccc1)c1ccc(=O)[nH]n1. The number of hydrogen-bond acceptors (Lipinski definition) is 4. The smallest absolute Gasteiger partial charge is 0.276 e. The Morgan fingerprint density at radius 1 is 0.957 bits per heavy atom. The summed E-state index contributed by atoms with van der Waals surface area (Å²) in [7, 11) is 0. The second-order valence-corrected chi connectivity index (χ2v) is 5.79. The quantitative estimate of drug-likeness (QED) is 0.773. The van der Waals surface area contributed by atoms with Gasteiger partial charge in [-0.2, -0.15) is 5.10 Å². The molecular weight excluding hydrogens is 310 g/mol. The lowest BCUT2D eigenvalue weighted by atomic mass is 10.3. The Hall–Kier alpha value is -2.86. The fourth-order valence-corrected chi connectivity index (χ4v) is 2.85. The number of nitrogens with zero attached hydrogens (tertiary/aromatic N) is 1. The van der Waals surface area contributed by atoms with Crippen LogP contribution in [0.25, 0.3) is 0 Å². The van der Waals surface area contributed by atoms with Crippen molar-refractivity contribution in [2.75, 3.05) is 5.32 Å². The van der Waals surface area contributed by atoms with E-state index in [9.17, 15) is 9.59 Å². The van der Waals surface area contributed by atoms with Crippen LogP contribution in [0.2, 0.25) is 0 Å². The van der Waals surface area contributed by atoms with E-state index in [4.69, 9.17) is 0 Å². The van der Waals surface area contributed by atoms with Crippen molar-refractivity contribution in [3.05, 3.63) is 82.8 Å². The van der Waals surface area contributed by atoms with Crippen LogP contribution < -0.4 is 10.9 Å². The van der Waals surface area contributed by atoms with Crippen molar-refractivity contribution in [3.8, 4) is 0 Å². The summed E-state index contributed by atoms with van der Waals surface area (Å²) in [5.41, 5.74) is 0.505. The van der Waals surface area contributed by atoms with Crippen LogP contribution >= 0.6 is 11.8 Å². The molecule has 1 heterocycles. The first-order valence-corrected chi connectivity index (χ1v) is 7.73. The fraction of sp³-hybridized carbons (Fsp3) is 0. The van der Waals surface area contributed by atoms with Gasteiger partial charge in [-0.05, 0) is 30.3 Å². The van der Waals surface area contributed by atoms with E-state index in [-0.39, 0.29) is 17.2 Å². The average molecular weight is 323 g/mol. The van der Waals surface area contributed by atoms with Gasteiger partial charge in [-0.15, -0.1) is 0 Å². The third kappa shape index (κ3) is 3.87. The van der Waals surface area contributed by atoms with Crippen molar-refractivity contribution in [2.45, 2.75) is 9.79 Å². The van der Waals surface area contributed by atoms with Gasteiger partial charge >= 0.3 is 0 Å². The molecule has 3 rings (SSSR count). The summed E-state index contributed by atoms with van der Waals surface area (Å²) in [5.74, 6) is -0.373. The Kier molecular flexibility index (Phi) is 4.54. The molecule has 0 spiro atoms. The zero-order chi connectivity index (χ0) is 16.1. The molecule has 0 bridgehead atoms. The van der Waals surface area contributed by atoms with E-state index >= 15 is 0 Å². The van der Waals surface area contributed by atoms with Gasteiger partial charge in [0, 0.05) is 15.9 Å². The van der Waals surface area contributed by atoms with E-state index in [1.165, 1.54) is 12.1 Å². The zero-order valence-corrected chi connectivity index (χ0v) is 12.8. The van der Waals surface area contributed by atoms with Crippen molar-refractivity contribution >= 4 is 23.4 Å². The molecule has 0 aliphatic heterocycles. The van der Waals surface area contributed by atoms with Gasteiger partial charge in [0.05, 0.1) is 5.69 Å². The van der Waals surface area contributed by atoms with Gasteiger partial charge in [-0.3, -0.25) is 9.59 Å². The molecule has 0 aliphatic rings. The van der Waals surface area contributed by atoms with E-state index in [2.05, 4.69) is 15.5 Å². The Bertz CT molecular complexity index is 858. The van der Waals surface area contributed by atoms with Crippen LogP contribution in [0, 0.1) is 0 Å². The largest absolute Gasteiger partial charge is 0.320 e. The monoisotopic (exact) mass is 323 g/mol. The molecule has 0 atom stereocenters. The number of nitrogens with one attached hydrogen (secondary N) is 2. The van der Waals surface area contributed by atoms with Crippen LogP contribution in [0.15, 0.2) is 81.3 Å². The molecule has 3 aromatic rings. The average Bonchev–Trinajstić information content (AvgIpc) is 2.58. The number of para-hydroxylation sites is 1. The van der Waals surface area contributed by atoms with E-state index in [0.717, 1.165) is 9.79 Å². The van der Waals surface area contributed by atoms with Gasteiger partial charge in [-0.1, -0.05) is 42.1 Å². The standard InChI is InChI=1S/C17H13N3O2S/c21-16-11-10-14(19-20-16)17(22)18-13-8-4-5-9-15(13)23-12-6-2-1-3-7-12/h1-11H,(H,18,22)(H,20,21). The van der Waals surface area contributed by atoms with Gasteiger partial charge < -0.3 is 5.32 Å². The summed E-state index contributed by atoms with van der Waals surface area (Å²) < 4.78 is 0. The molecule has 0 fully saturated rings. The lowest BCUT2D eigenvalue weighted by molar-refractivity contribution is 0.102. The maximum atomic E-state index is 12.2. The highest BCUT2D eigenvalue weighted by Crippen LogP contribution is 2.33. The third-order valence-corrected chi connectivity index (χ3v) is 4.10. The van der Waals surface area contributed by atoms with Crippen LogP contribution in [0.1, 0.15) is 10.5 Å². The van der Waals surface area contributed by atoms with Crippen molar-refractivity contribution in [2.24, 2.45) is 0 Å². The molecule has 6 heteroatoms. The molecule has 2 N–H and O–H groups in total. The number of anilines is 1. The van der Waals surface area contributed by atoms with Crippen molar-refractivity contribution in [3.63, 3.8) is 0 Å². The number of aromatic amines is 1. The van der Waals surface area contributed by atoms with Crippen molar-refractivity contribution in [1.82, 2.24) is 10.2 Å². The number of amides is 1. The highest BCUT2D eigenvalue weighted by molar-refractivity contribution is 7.99. The Labute approximate surface area is 136 Å². The molecule has 23 heavy (non-hydrogen) atoms. The number of carbonyl (C=O) groups excluding carboxylic acids is 1. The zero-order valence-electron chi connectivity index (χ0n) is 12.0. The number of benzene rings is 2. The van der Waals surface area contributed by atoms with E-state index in [1.54, 1.807) is 11.8 Å². The summed E-state index contributed by atoms with van der Waals surface area (Å²) in [6.45, 7) is 0. The van der Waals surface area contributed by atoms with Crippen LogP contribution in [0.3, 0.4) is 0 Å². The molecule has 1 amide bonds. The van der Waals surface area contributed by atoms with Crippen molar-refractivity contribution < 1.29 is 4.79 Å². The maximum Gasteiger partial charge on any atom is 0.276 e. The number of hydrogen-bond donors (Lipinski definition) is 2. The van der Waals surface area contributed by atoms with Crippen LogP contribution in [-0.2, 0) is 0 Å². The summed E-state index contributed by atoms with van der Waals surface area (Å²) >= 11 is 1.56. The highest BCUT2D eigenvalue weighted by Gasteiger charge is 2.11. The molecule has 2 aromatic carbocycles. The molecule has 0 aliphatic carbocycles. The molecule has 5 nitrogen and oxygen atoms in total. The lowest BCUT2D eigenvalue weighted by Gasteiger charge is -2.10. The molecule has 0 saturated carbocycles. The normalized spacial score (nSPS) is 10.3. The van der Waals surface area contributed by atoms with Crippen LogP contribution in [0.5, 0.6) is 0 Å². The number of aromatic nitrogens is 2. The van der Waals surface area contributed by atoms with E-state index in [1.807, 2.05) is 54.6 Å². The third-order valence-electron chi connectivity index (χ3n) is 3.02. The fourth-order valence-electron chi connectivity index (χ4n) is 1.93. The minimum atomic E-state index is -0.373. The molecular formula is C17H13N3O2S. The Morgan fingerprint density at radius 3 is 2.43 bits per heavy atom. The predicted octanol–water partition coefficient (Wildman–Crippen LogP) is 3.17. The molecule has 114 valence electrons. The van der Waals surface area contributed by atoms with Gasteiger partial charge in [0.2, 0.25) is 0 Å². The summed E-state index contributed by atoms with van der Waals surface area (Å²) in [4.78, 5) is 25.2. The number of H-pyrrole nitrogens is 1. The lowest BCUT2D eigenvalue weighted by Crippen LogP contribution is -2.17. The summed E-state index contributed by atoms with van der Waals surface area (Å²) in [6.07, 6.45) is 0. The van der Waals surface area contributed by atoms with Crippen molar-refractivity contribution in [1.29, 1.82) is 0 Å². The molecule has 0 unspecified atom stereocenters. The van der Waals surface area contributed by atoms with Gasteiger partial charge in [0.15, 0.2) is 0 Å². The Balaban J connectivity index is 1.81. The number of rotatable bonds is 4. The van der Waals surface area contributed by atoms with Gasteiger partial charge in [-0.25, -0.2) is 5.10 Å². The minimum Gasteiger partial charge on any atom is -0.320 e. The topological polar surface area (TPSA) is 74.8 Å². The maximum absolute atomic E-state index is 12.2. The Morgan fingerprint density at radius 2 is 1.70 bits per heavy atom. The second-order valence-electron chi connectivity index (χ2n) is 4.67. The summed E-state index contributed by atoms with van der Waals surface area (Å²) in [6, 6.07) is 20.1. The summed E-state index contributed by atoms with van der Waals surface area (Å²) in [5, 5.41) is 8.80.